The third-order valence-electron chi connectivity index (χ3n) is 6.61. The van der Waals surface area contributed by atoms with E-state index in [1.807, 2.05) is 6.07 Å². The van der Waals surface area contributed by atoms with E-state index in [0.717, 1.165) is 29.5 Å². The van der Waals surface area contributed by atoms with E-state index in [1.165, 1.54) is 54.6 Å². The number of nitriles is 2. The maximum atomic E-state index is 14.0. The number of benzene rings is 2. The lowest BCUT2D eigenvalue weighted by atomic mass is 10.0. The van der Waals surface area contributed by atoms with Crippen LogP contribution in [0.15, 0.2) is 53.6 Å². The lowest BCUT2D eigenvalue weighted by molar-refractivity contribution is -0.121. The van der Waals surface area contributed by atoms with Crippen molar-refractivity contribution in [1.29, 1.82) is 10.5 Å². The molecule has 0 radical (unpaired) electrons. The van der Waals surface area contributed by atoms with E-state index in [1.54, 1.807) is 0 Å². The Morgan fingerprint density at radius 2 is 1.82 bits per heavy atom. The molecule has 0 unspecified atom stereocenters. The number of hydrogen-bond donors (Lipinski definition) is 1. The normalized spacial score (nSPS) is 16.8. The van der Waals surface area contributed by atoms with Crippen molar-refractivity contribution in [1.82, 2.24) is 4.98 Å². The maximum Gasteiger partial charge on any atom is 0.247 e. The fourth-order valence-corrected chi connectivity index (χ4v) is 5.84. The molecule has 40 heavy (non-hydrogen) atoms. The van der Waals surface area contributed by atoms with Crippen LogP contribution in [0, 0.1) is 28.5 Å². The summed E-state index contributed by atoms with van der Waals surface area (Å²) in [5, 5.41) is 18.9. The molecule has 3 aromatic rings. The van der Waals surface area contributed by atoms with Gasteiger partial charge in [0.15, 0.2) is 5.78 Å². The van der Waals surface area contributed by atoms with Gasteiger partial charge in [-0.15, -0.1) is 0 Å². The van der Waals surface area contributed by atoms with Crippen LogP contribution in [0.5, 0.6) is 0 Å². The molecule has 2 amide bonds. The van der Waals surface area contributed by atoms with Crippen LogP contribution in [-0.2, 0) is 9.59 Å². The molecule has 2 aromatic carbocycles. The highest BCUT2D eigenvalue weighted by Gasteiger charge is 2.42. The summed E-state index contributed by atoms with van der Waals surface area (Å²) < 4.78 is 14.0. The van der Waals surface area contributed by atoms with E-state index >= 15 is 0 Å². The number of amides is 2. The van der Waals surface area contributed by atoms with E-state index in [0.29, 0.717) is 5.56 Å². The second-order valence-corrected chi connectivity index (χ2v) is 10.8. The first-order valence-corrected chi connectivity index (χ1v) is 13.4. The Balaban J connectivity index is 1.34. The number of allylic oxidation sites excluding steroid dienone is 1. The Morgan fingerprint density at radius 3 is 2.45 bits per heavy atom. The molecule has 1 aromatic heterocycles. The summed E-state index contributed by atoms with van der Waals surface area (Å²) in [5.74, 6) is -1.88. The van der Waals surface area contributed by atoms with Crippen molar-refractivity contribution in [2.45, 2.75) is 35.5 Å². The second-order valence-electron chi connectivity index (χ2n) is 9.22. The van der Waals surface area contributed by atoms with Gasteiger partial charge < -0.3 is 5.73 Å². The quantitative estimate of drug-likeness (QED) is 0.226. The highest BCUT2D eigenvalue weighted by molar-refractivity contribution is 8.00. The zero-order valence-corrected chi connectivity index (χ0v) is 22.3. The Hall–Kier alpha value is -4.51. The summed E-state index contributed by atoms with van der Waals surface area (Å²) in [6.45, 7) is 0. The average Bonchev–Trinajstić information content (AvgIpc) is 3.73. The number of ketones is 1. The van der Waals surface area contributed by atoms with Gasteiger partial charge in [-0.1, -0.05) is 29.4 Å². The summed E-state index contributed by atoms with van der Waals surface area (Å²) in [6.07, 6.45) is 4.02. The van der Waals surface area contributed by atoms with Gasteiger partial charge >= 0.3 is 0 Å². The van der Waals surface area contributed by atoms with Crippen LogP contribution in [0.2, 0.25) is 5.02 Å². The summed E-state index contributed by atoms with van der Waals surface area (Å²) in [4.78, 5) is 44.0. The third kappa shape index (κ3) is 5.07. The van der Waals surface area contributed by atoms with E-state index in [9.17, 15) is 29.3 Å². The number of rotatable bonds is 7. The fourth-order valence-electron chi connectivity index (χ4n) is 4.49. The lowest BCUT2D eigenvalue weighted by Gasteiger charge is -2.16. The minimum Gasteiger partial charge on any atom is -0.383 e. The zero-order valence-electron chi connectivity index (χ0n) is 20.7. The molecule has 2 fully saturated rings. The number of imide groups is 1. The molecule has 2 N–H and O–H groups in total. The van der Waals surface area contributed by atoms with Crippen LogP contribution in [0.4, 0.5) is 15.9 Å². The van der Waals surface area contributed by atoms with Gasteiger partial charge in [-0.05, 0) is 72.9 Å². The third-order valence-corrected chi connectivity index (χ3v) is 8.11. The summed E-state index contributed by atoms with van der Waals surface area (Å²) in [6, 6.07) is 14.2. The lowest BCUT2D eigenvalue weighted by Crippen LogP contribution is -2.31. The standard InChI is InChI=1S/C29H19ClFN5O3S/c30-21-2-1-3-22(31)18(21)10-11-23(37)15-6-8-17(9-7-15)36-25(38)12-24(29(36)39)40-28-20(14-33)26(16-4-5-16)19(13-32)27(34)35-28/h1-3,6-11,16,24H,4-5,12H2,(H2,34,35)/b11-10+/t24-/m1/s1. The summed E-state index contributed by atoms with van der Waals surface area (Å²) >= 11 is 6.97. The molecule has 11 heteroatoms. The smallest absolute Gasteiger partial charge is 0.247 e. The van der Waals surface area contributed by atoms with Crippen molar-refractivity contribution in [2.24, 2.45) is 0 Å². The SMILES string of the molecule is N#Cc1c(N)nc(S[C@@H]2CC(=O)N(c3ccc(C(=O)/C=C/c4c(F)cccc4Cl)cc3)C2=O)c(C#N)c1C1CC1. The molecule has 1 saturated carbocycles. The first-order valence-electron chi connectivity index (χ1n) is 12.2. The number of aromatic nitrogens is 1. The Kier molecular flexibility index (Phi) is 7.40. The number of thioether (sulfide) groups is 1. The Morgan fingerprint density at radius 1 is 1.12 bits per heavy atom. The van der Waals surface area contributed by atoms with Gasteiger partial charge in [0.1, 0.15) is 28.8 Å². The number of nitrogens with zero attached hydrogens (tertiary/aromatic N) is 4. The Labute approximate surface area is 237 Å². The molecule has 1 saturated heterocycles. The molecule has 2 heterocycles. The molecule has 1 aliphatic carbocycles. The Bertz CT molecular complexity index is 1670. The van der Waals surface area contributed by atoms with Crippen LogP contribution < -0.4 is 10.6 Å². The number of nitrogens with two attached hydrogens (primary N) is 1. The average molecular weight is 572 g/mol. The van der Waals surface area contributed by atoms with Gasteiger partial charge in [-0.25, -0.2) is 14.3 Å². The number of carbonyl (C=O) groups excluding carboxylic acids is 3. The molecule has 8 nitrogen and oxygen atoms in total. The van der Waals surface area contributed by atoms with Gasteiger partial charge in [0.2, 0.25) is 11.8 Å². The number of anilines is 2. The predicted octanol–water partition coefficient (Wildman–Crippen LogP) is 5.40. The number of nitrogen functional groups attached to an aromatic ring is 1. The molecule has 0 bridgehead atoms. The minimum absolute atomic E-state index is 0.00823. The van der Waals surface area contributed by atoms with E-state index < -0.39 is 28.7 Å². The summed E-state index contributed by atoms with van der Waals surface area (Å²) in [7, 11) is 0. The van der Waals surface area contributed by atoms with Crippen LogP contribution in [0.3, 0.4) is 0 Å². The number of hydrogen-bond acceptors (Lipinski definition) is 8. The zero-order chi connectivity index (χ0) is 28.6. The number of carbonyl (C=O) groups is 3. The highest BCUT2D eigenvalue weighted by atomic mass is 35.5. The van der Waals surface area contributed by atoms with E-state index in [4.69, 9.17) is 17.3 Å². The maximum absolute atomic E-state index is 14.0. The van der Waals surface area contributed by atoms with Crippen molar-refractivity contribution in [2.75, 3.05) is 10.6 Å². The van der Waals surface area contributed by atoms with Crippen LogP contribution >= 0.6 is 23.4 Å². The van der Waals surface area contributed by atoms with Gasteiger partial charge in [0, 0.05) is 17.5 Å². The molecular formula is C29H19ClFN5O3S. The summed E-state index contributed by atoms with van der Waals surface area (Å²) in [5.41, 5.74) is 7.59. The van der Waals surface area contributed by atoms with Crippen LogP contribution in [0.25, 0.3) is 6.08 Å². The molecule has 2 aliphatic rings. The fraction of sp³-hybridized carbons (Fsp3) is 0.172. The number of pyridine rings is 1. The largest absolute Gasteiger partial charge is 0.383 e. The van der Waals surface area contributed by atoms with Crippen LogP contribution in [0.1, 0.15) is 57.8 Å². The van der Waals surface area contributed by atoms with Crippen molar-refractivity contribution in [3.05, 3.63) is 87.2 Å². The van der Waals surface area contributed by atoms with Gasteiger partial charge in [-0.2, -0.15) is 10.5 Å². The van der Waals surface area contributed by atoms with Gasteiger partial charge in [0.25, 0.3) is 0 Å². The van der Waals surface area contributed by atoms with Crippen molar-refractivity contribution < 1.29 is 18.8 Å². The first kappa shape index (κ1) is 27.1. The van der Waals surface area contributed by atoms with E-state index in [-0.39, 0.29) is 56.1 Å². The van der Waals surface area contributed by atoms with Gasteiger partial charge in [-0.3, -0.25) is 14.4 Å². The highest BCUT2D eigenvalue weighted by Crippen LogP contribution is 2.47. The first-order chi connectivity index (χ1) is 19.2. The van der Waals surface area contributed by atoms with Crippen LogP contribution in [-0.4, -0.2) is 27.8 Å². The number of halogens is 2. The van der Waals surface area contributed by atoms with Crippen molar-refractivity contribution in [3.63, 3.8) is 0 Å². The van der Waals surface area contributed by atoms with Crippen molar-refractivity contribution >= 4 is 58.5 Å². The minimum atomic E-state index is -0.846. The van der Waals surface area contributed by atoms with Gasteiger partial charge in [0.05, 0.1) is 27.1 Å². The molecular weight excluding hydrogens is 553 g/mol. The molecule has 5 rings (SSSR count). The molecule has 0 spiro atoms. The predicted molar refractivity (Wildman–Crippen MR) is 148 cm³/mol. The second kappa shape index (κ2) is 10.9. The molecule has 198 valence electrons. The molecule has 1 aliphatic heterocycles. The monoisotopic (exact) mass is 571 g/mol. The van der Waals surface area contributed by atoms with Crippen molar-refractivity contribution in [3.8, 4) is 12.1 Å². The topological polar surface area (TPSA) is 141 Å². The molecule has 1 atom stereocenters. The van der Waals surface area contributed by atoms with E-state index in [2.05, 4.69) is 11.1 Å².